The summed E-state index contributed by atoms with van der Waals surface area (Å²) in [5.41, 5.74) is 1.68. The minimum Gasteiger partial charge on any atom is -0.467 e. The van der Waals surface area contributed by atoms with Crippen molar-refractivity contribution >= 4 is 17.7 Å². The van der Waals surface area contributed by atoms with Gasteiger partial charge in [0.2, 0.25) is 0 Å². The van der Waals surface area contributed by atoms with E-state index in [9.17, 15) is 9.59 Å². The van der Waals surface area contributed by atoms with E-state index in [0.29, 0.717) is 6.42 Å². The molecule has 0 spiro atoms. The van der Waals surface area contributed by atoms with Gasteiger partial charge in [-0.05, 0) is 30.9 Å². The molecule has 0 bridgehead atoms. The highest BCUT2D eigenvalue weighted by atomic mass is 16.5. The third-order valence-electron chi connectivity index (χ3n) is 2.89. The first-order chi connectivity index (χ1) is 9.43. The Balaban J connectivity index is 2.66. The van der Waals surface area contributed by atoms with Crippen molar-refractivity contribution in [3.63, 3.8) is 0 Å². The number of anilines is 1. The number of carbonyl (C=O) groups is 2. The number of hydrogen-bond acceptors (Lipinski definition) is 3. The van der Waals surface area contributed by atoms with Crippen LogP contribution < -0.4 is 10.6 Å². The van der Waals surface area contributed by atoms with E-state index in [2.05, 4.69) is 10.6 Å². The van der Waals surface area contributed by atoms with Crippen LogP contribution in [0.5, 0.6) is 0 Å². The van der Waals surface area contributed by atoms with Gasteiger partial charge in [-0.25, -0.2) is 9.59 Å². The molecule has 5 heteroatoms. The van der Waals surface area contributed by atoms with Crippen molar-refractivity contribution in [2.45, 2.75) is 33.2 Å². The molecule has 0 saturated carbocycles. The Kier molecular flexibility index (Phi) is 6.03. The van der Waals surface area contributed by atoms with Gasteiger partial charge < -0.3 is 15.4 Å². The van der Waals surface area contributed by atoms with Crippen LogP contribution >= 0.6 is 0 Å². The van der Waals surface area contributed by atoms with Gasteiger partial charge in [0.25, 0.3) is 0 Å². The Morgan fingerprint density at radius 3 is 2.45 bits per heavy atom. The summed E-state index contributed by atoms with van der Waals surface area (Å²) in [4.78, 5) is 23.6. The Morgan fingerprint density at radius 2 is 1.90 bits per heavy atom. The molecular weight excluding hydrogens is 256 g/mol. The van der Waals surface area contributed by atoms with Crippen molar-refractivity contribution in [3.8, 4) is 0 Å². The molecule has 0 saturated heterocycles. The van der Waals surface area contributed by atoms with E-state index in [4.69, 9.17) is 4.74 Å². The fraction of sp³-hybridized carbons (Fsp3) is 0.467. The highest BCUT2D eigenvalue weighted by molar-refractivity contribution is 5.93. The van der Waals surface area contributed by atoms with Crippen LogP contribution in [0.2, 0.25) is 0 Å². The molecule has 0 aromatic heterocycles. The average molecular weight is 278 g/mol. The van der Waals surface area contributed by atoms with Gasteiger partial charge in [0.1, 0.15) is 6.04 Å². The molecule has 0 aliphatic carbocycles. The largest absolute Gasteiger partial charge is 0.467 e. The molecule has 0 unspecified atom stereocenters. The van der Waals surface area contributed by atoms with Crippen molar-refractivity contribution < 1.29 is 14.3 Å². The van der Waals surface area contributed by atoms with Gasteiger partial charge in [0, 0.05) is 5.69 Å². The summed E-state index contributed by atoms with van der Waals surface area (Å²) in [6.45, 7) is 5.87. The minimum atomic E-state index is -0.635. The Labute approximate surface area is 119 Å². The fourth-order valence-corrected chi connectivity index (χ4v) is 1.86. The number of urea groups is 1. The van der Waals surface area contributed by atoms with Crippen molar-refractivity contribution in [1.29, 1.82) is 0 Å². The molecule has 0 fully saturated rings. The number of hydrogen-bond donors (Lipinski definition) is 2. The van der Waals surface area contributed by atoms with Crippen molar-refractivity contribution in [2.75, 3.05) is 12.4 Å². The summed E-state index contributed by atoms with van der Waals surface area (Å²) in [6.07, 6.45) is 0.536. The quantitative estimate of drug-likeness (QED) is 0.814. The van der Waals surface area contributed by atoms with Crippen LogP contribution in [0, 0.1) is 12.8 Å². The summed E-state index contributed by atoms with van der Waals surface area (Å²) < 4.78 is 4.71. The molecule has 0 aliphatic heterocycles. The van der Waals surface area contributed by atoms with Gasteiger partial charge >= 0.3 is 12.0 Å². The number of carbonyl (C=O) groups excluding carboxylic acids is 2. The standard InChI is InChI=1S/C15H22N2O3/c1-10(2)9-13(14(18)20-4)17-15(19)16-12-8-6-5-7-11(12)3/h5-8,10,13H,9H2,1-4H3,(H2,16,17,19)/t13-/m0/s1. The lowest BCUT2D eigenvalue weighted by atomic mass is 10.0. The van der Waals surface area contributed by atoms with Gasteiger partial charge in [0.15, 0.2) is 0 Å². The molecule has 1 atom stereocenters. The molecular formula is C15H22N2O3. The smallest absolute Gasteiger partial charge is 0.328 e. The third-order valence-corrected chi connectivity index (χ3v) is 2.89. The minimum absolute atomic E-state index is 0.276. The third kappa shape index (κ3) is 4.91. The highest BCUT2D eigenvalue weighted by Crippen LogP contribution is 2.13. The number of aryl methyl sites for hydroxylation is 1. The Morgan fingerprint density at radius 1 is 1.25 bits per heavy atom. The normalized spacial score (nSPS) is 11.8. The zero-order valence-electron chi connectivity index (χ0n) is 12.4. The van der Waals surface area contributed by atoms with E-state index in [1.165, 1.54) is 7.11 Å². The number of benzene rings is 1. The molecule has 20 heavy (non-hydrogen) atoms. The van der Waals surface area contributed by atoms with Gasteiger partial charge in [-0.2, -0.15) is 0 Å². The first-order valence-corrected chi connectivity index (χ1v) is 6.65. The van der Waals surface area contributed by atoms with E-state index in [-0.39, 0.29) is 5.92 Å². The van der Waals surface area contributed by atoms with E-state index in [0.717, 1.165) is 11.3 Å². The lowest BCUT2D eigenvalue weighted by Crippen LogP contribution is -2.44. The van der Waals surface area contributed by atoms with E-state index in [1.54, 1.807) is 0 Å². The number of nitrogens with one attached hydrogen (secondary N) is 2. The molecule has 0 radical (unpaired) electrons. The zero-order chi connectivity index (χ0) is 15.1. The van der Waals surface area contributed by atoms with E-state index < -0.39 is 18.0 Å². The molecule has 0 aliphatic rings. The van der Waals surface area contributed by atoms with Crippen LogP contribution in [-0.4, -0.2) is 25.2 Å². The second kappa shape index (κ2) is 7.53. The number of rotatable bonds is 5. The van der Waals surface area contributed by atoms with Crippen LogP contribution in [0.4, 0.5) is 10.5 Å². The number of amides is 2. The molecule has 1 rings (SSSR count). The lowest BCUT2D eigenvalue weighted by Gasteiger charge is -2.19. The van der Waals surface area contributed by atoms with Crippen LogP contribution in [-0.2, 0) is 9.53 Å². The van der Waals surface area contributed by atoms with Crippen molar-refractivity contribution in [2.24, 2.45) is 5.92 Å². The fourth-order valence-electron chi connectivity index (χ4n) is 1.86. The lowest BCUT2D eigenvalue weighted by molar-refractivity contribution is -0.143. The highest BCUT2D eigenvalue weighted by Gasteiger charge is 2.22. The second-order valence-corrected chi connectivity index (χ2v) is 5.12. The SMILES string of the molecule is COC(=O)[C@H](CC(C)C)NC(=O)Nc1ccccc1C. The van der Waals surface area contributed by atoms with Crippen LogP contribution in [0.15, 0.2) is 24.3 Å². The Hall–Kier alpha value is -2.04. The monoisotopic (exact) mass is 278 g/mol. The van der Waals surface area contributed by atoms with E-state index in [1.807, 2.05) is 45.0 Å². The summed E-state index contributed by atoms with van der Waals surface area (Å²) in [6, 6.07) is 6.41. The molecule has 110 valence electrons. The molecule has 0 heterocycles. The van der Waals surface area contributed by atoms with E-state index >= 15 is 0 Å². The maximum Gasteiger partial charge on any atom is 0.328 e. The van der Waals surface area contributed by atoms with Crippen molar-refractivity contribution in [3.05, 3.63) is 29.8 Å². The zero-order valence-corrected chi connectivity index (χ0v) is 12.4. The molecule has 2 amide bonds. The summed E-state index contributed by atoms with van der Waals surface area (Å²) in [5.74, 6) is -0.156. The maximum atomic E-state index is 11.9. The van der Waals surface area contributed by atoms with Gasteiger partial charge in [-0.3, -0.25) is 0 Å². The first-order valence-electron chi connectivity index (χ1n) is 6.65. The summed E-state index contributed by atoms with van der Waals surface area (Å²) in [5, 5.41) is 5.39. The predicted molar refractivity (Wildman–Crippen MR) is 78.6 cm³/mol. The van der Waals surface area contributed by atoms with Gasteiger partial charge in [-0.1, -0.05) is 32.0 Å². The van der Waals surface area contributed by atoms with Gasteiger partial charge in [-0.15, -0.1) is 0 Å². The Bertz CT molecular complexity index is 472. The topological polar surface area (TPSA) is 67.4 Å². The number of methoxy groups -OCH3 is 1. The number of para-hydroxylation sites is 1. The van der Waals surface area contributed by atoms with Crippen molar-refractivity contribution in [1.82, 2.24) is 5.32 Å². The number of ether oxygens (including phenoxy) is 1. The predicted octanol–water partition coefficient (Wildman–Crippen LogP) is 2.70. The number of esters is 1. The molecule has 1 aromatic carbocycles. The first kappa shape index (κ1) is 16.0. The molecule has 1 aromatic rings. The molecule has 5 nitrogen and oxygen atoms in total. The maximum absolute atomic E-state index is 11.9. The van der Waals surface area contributed by atoms with Crippen LogP contribution in [0.1, 0.15) is 25.8 Å². The summed E-state index contributed by atoms with van der Waals surface area (Å²) >= 11 is 0. The van der Waals surface area contributed by atoms with Gasteiger partial charge in [0.05, 0.1) is 7.11 Å². The van der Waals surface area contributed by atoms with Crippen LogP contribution in [0.25, 0.3) is 0 Å². The second-order valence-electron chi connectivity index (χ2n) is 5.12. The summed E-state index contributed by atoms with van der Waals surface area (Å²) in [7, 11) is 1.32. The molecule has 2 N–H and O–H groups in total. The average Bonchev–Trinajstić information content (AvgIpc) is 2.39. The van der Waals surface area contributed by atoms with Crippen LogP contribution in [0.3, 0.4) is 0 Å².